The van der Waals surface area contributed by atoms with Crippen molar-refractivity contribution in [2.24, 2.45) is 4.99 Å². The van der Waals surface area contributed by atoms with Crippen molar-refractivity contribution >= 4 is 16.9 Å². The van der Waals surface area contributed by atoms with Crippen molar-refractivity contribution in [1.82, 2.24) is 10.5 Å². The molecule has 2 heterocycles. The first-order chi connectivity index (χ1) is 7.61. The molecule has 4 nitrogen and oxygen atoms in total. The Morgan fingerprint density at radius 3 is 3.06 bits per heavy atom. The average molecular weight is 239 g/mol. The summed E-state index contributed by atoms with van der Waals surface area (Å²) in [6.07, 6.45) is 1.11. The fourth-order valence-corrected chi connectivity index (χ4v) is 2.68. The fourth-order valence-electron chi connectivity index (χ4n) is 1.48. The van der Waals surface area contributed by atoms with Gasteiger partial charge in [-0.15, -0.1) is 0 Å². The number of amidine groups is 1. The third-order valence-electron chi connectivity index (χ3n) is 2.78. The van der Waals surface area contributed by atoms with Gasteiger partial charge in [0, 0.05) is 17.4 Å². The van der Waals surface area contributed by atoms with Crippen LogP contribution in [0.2, 0.25) is 0 Å². The Balaban J connectivity index is 1.95. The lowest BCUT2D eigenvalue weighted by atomic mass is 10.0. The minimum Gasteiger partial charge on any atom is -0.361 e. The van der Waals surface area contributed by atoms with Crippen LogP contribution in [0, 0.1) is 6.92 Å². The maximum absolute atomic E-state index is 5.00. The highest BCUT2D eigenvalue weighted by atomic mass is 32.2. The summed E-state index contributed by atoms with van der Waals surface area (Å²) < 4.78 is 5.00. The molecule has 2 rings (SSSR count). The highest BCUT2D eigenvalue weighted by Crippen LogP contribution is 2.25. The van der Waals surface area contributed by atoms with E-state index in [0.717, 1.165) is 28.8 Å². The van der Waals surface area contributed by atoms with Gasteiger partial charge in [0.2, 0.25) is 0 Å². The average Bonchev–Trinajstić information content (AvgIpc) is 2.83. The van der Waals surface area contributed by atoms with Gasteiger partial charge < -0.3 is 9.84 Å². The lowest BCUT2D eigenvalue weighted by molar-refractivity contribution is 0.391. The van der Waals surface area contributed by atoms with E-state index in [1.54, 1.807) is 11.8 Å². The SMILES string of the molecule is CCC1(C)CSC(=NCc2cc(C)on2)N1. The van der Waals surface area contributed by atoms with Gasteiger partial charge in [-0.1, -0.05) is 23.8 Å². The van der Waals surface area contributed by atoms with Crippen molar-refractivity contribution in [2.45, 2.75) is 39.3 Å². The molecule has 1 unspecified atom stereocenters. The Morgan fingerprint density at radius 2 is 2.50 bits per heavy atom. The fraction of sp³-hybridized carbons (Fsp3) is 0.636. The number of hydrogen-bond acceptors (Lipinski definition) is 4. The number of nitrogens with zero attached hydrogens (tertiary/aromatic N) is 2. The quantitative estimate of drug-likeness (QED) is 0.879. The van der Waals surface area contributed by atoms with E-state index in [-0.39, 0.29) is 5.54 Å². The van der Waals surface area contributed by atoms with Crippen LogP contribution in [0.25, 0.3) is 0 Å². The number of aromatic nitrogens is 1. The van der Waals surface area contributed by atoms with Gasteiger partial charge in [-0.2, -0.15) is 0 Å². The van der Waals surface area contributed by atoms with Crippen LogP contribution in [0.15, 0.2) is 15.6 Å². The molecule has 0 aliphatic carbocycles. The zero-order chi connectivity index (χ0) is 11.6. The van der Waals surface area contributed by atoms with Gasteiger partial charge in [0.15, 0.2) is 5.17 Å². The van der Waals surface area contributed by atoms with Crippen LogP contribution in [0.4, 0.5) is 0 Å². The van der Waals surface area contributed by atoms with Crippen molar-refractivity contribution < 1.29 is 4.52 Å². The van der Waals surface area contributed by atoms with Crippen LogP contribution in [0.3, 0.4) is 0 Å². The van der Waals surface area contributed by atoms with E-state index >= 15 is 0 Å². The van der Waals surface area contributed by atoms with Crippen LogP contribution < -0.4 is 5.32 Å². The summed E-state index contributed by atoms with van der Waals surface area (Å²) in [6.45, 7) is 6.90. The Morgan fingerprint density at radius 1 is 1.69 bits per heavy atom. The van der Waals surface area contributed by atoms with E-state index in [9.17, 15) is 0 Å². The molecule has 1 atom stereocenters. The van der Waals surface area contributed by atoms with Gasteiger partial charge in [-0.3, -0.25) is 4.99 Å². The molecule has 88 valence electrons. The van der Waals surface area contributed by atoms with Crippen molar-refractivity contribution in [1.29, 1.82) is 0 Å². The van der Waals surface area contributed by atoms with Gasteiger partial charge in [0.25, 0.3) is 0 Å². The first-order valence-corrected chi connectivity index (χ1v) is 6.47. The van der Waals surface area contributed by atoms with Crippen molar-refractivity contribution in [3.05, 3.63) is 17.5 Å². The highest BCUT2D eigenvalue weighted by Gasteiger charge is 2.30. The Labute approximate surface area is 99.9 Å². The predicted octanol–water partition coefficient (Wildman–Crippen LogP) is 2.34. The number of nitrogens with one attached hydrogen (secondary N) is 1. The van der Waals surface area contributed by atoms with Crippen LogP contribution >= 0.6 is 11.8 Å². The lowest BCUT2D eigenvalue weighted by Crippen LogP contribution is -2.39. The molecule has 0 saturated carbocycles. The second-order valence-electron chi connectivity index (χ2n) is 4.38. The molecule has 1 aliphatic heterocycles. The van der Waals surface area contributed by atoms with Crippen molar-refractivity contribution in [3.8, 4) is 0 Å². The summed E-state index contributed by atoms with van der Waals surface area (Å²) in [5.41, 5.74) is 1.08. The van der Waals surface area contributed by atoms with Crippen molar-refractivity contribution in [3.63, 3.8) is 0 Å². The Kier molecular flexibility index (Phi) is 3.23. The van der Waals surface area contributed by atoms with Gasteiger partial charge in [-0.25, -0.2) is 0 Å². The number of thioether (sulfide) groups is 1. The minimum absolute atomic E-state index is 0.198. The van der Waals surface area contributed by atoms with Gasteiger partial charge in [0.05, 0.1) is 6.54 Å². The number of aryl methyl sites for hydroxylation is 1. The summed E-state index contributed by atoms with van der Waals surface area (Å²) in [5, 5.41) is 8.38. The molecule has 1 saturated heterocycles. The standard InChI is InChI=1S/C11H17N3OS/c1-4-11(3)7-16-10(13-11)12-6-9-5-8(2)15-14-9/h5H,4,6-7H2,1-3H3,(H,12,13). The first kappa shape index (κ1) is 11.5. The normalized spacial score (nSPS) is 27.3. The summed E-state index contributed by atoms with van der Waals surface area (Å²) >= 11 is 1.78. The predicted molar refractivity (Wildman–Crippen MR) is 66.7 cm³/mol. The van der Waals surface area contributed by atoms with Crippen LogP contribution in [0.5, 0.6) is 0 Å². The second kappa shape index (κ2) is 4.49. The second-order valence-corrected chi connectivity index (χ2v) is 5.34. The Bertz CT molecular complexity index is 402. The van der Waals surface area contributed by atoms with E-state index in [2.05, 4.69) is 29.3 Å². The van der Waals surface area contributed by atoms with E-state index < -0.39 is 0 Å². The number of aliphatic imine (C=N–C) groups is 1. The molecule has 0 bridgehead atoms. The summed E-state index contributed by atoms with van der Waals surface area (Å²) in [6, 6.07) is 1.92. The van der Waals surface area contributed by atoms with E-state index in [1.807, 2.05) is 13.0 Å². The van der Waals surface area contributed by atoms with Crippen LogP contribution in [0.1, 0.15) is 31.7 Å². The van der Waals surface area contributed by atoms with Gasteiger partial charge in [0.1, 0.15) is 11.5 Å². The Hall–Kier alpha value is -0.970. The summed E-state index contributed by atoms with van der Waals surface area (Å²) in [4.78, 5) is 4.50. The molecule has 1 N–H and O–H groups in total. The largest absolute Gasteiger partial charge is 0.361 e. The molecule has 5 heteroatoms. The molecule has 1 aromatic heterocycles. The molecular formula is C11H17N3OS. The third-order valence-corrected chi connectivity index (χ3v) is 4.06. The maximum atomic E-state index is 5.00. The maximum Gasteiger partial charge on any atom is 0.157 e. The molecule has 16 heavy (non-hydrogen) atoms. The highest BCUT2D eigenvalue weighted by molar-refractivity contribution is 8.14. The zero-order valence-electron chi connectivity index (χ0n) is 9.91. The van der Waals surface area contributed by atoms with Crippen molar-refractivity contribution in [2.75, 3.05) is 5.75 Å². The van der Waals surface area contributed by atoms with Crippen LogP contribution in [-0.4, -0.2) is 21.6 Å². The lowest BCUT2D eigenvalue weighted by Gasteiger charge is -2.20. The van der Waals surface area contributed by atoms with Gasteiger partial charge >= 0.3 is 0 Å². The molecule has 0 spiro atoms. The molecule has 1 fully saturated rings. The summed E-state index contributed by atoms with van der Waals surface area (Å²) in [7, 11) is 0. The first-order valence-electron chi connectivity index (χ1n) is 5.49. The van der Waals surface area contributed by atoms with Crippen LogP contribution in [-0.2, 0) is 6.54 Å². The number of rotatable bonds is 3. The number of hydrogen-bond donors (Lipinski definition) is 1. The van der Waals surface area contributed by atoms with Gasteiger partial charge in [-0.05, 0) is 20.3 Å². The van der Waals surface area contributed by atoms with E-state index in [1.165, 1.54) is 0 Å². The third kappa shape index (κ3) is 2.58. The summed E-state index contributed by atoms with van der Waals surface area (Å²) in [5.74, 6) is 1.92. The van der Waals surface area contributed by atoms with E-state index in [0.29, 0.717) is 6.54 Å². The zero-order valence-corrected chi connectivity index (χ0v) is 10.7. The molecule has 0 aromatic carbocycles. The molecule has 0 amide bonds. The smallest absolute Gasteiger partial charge is 0.157 e. The molecule has 1 aromatic rings. The molecule has 1 aliphatic rings. The topological polar surface area (TPSA) is 50.4 Å². The molecular weight excluding hydrogens is 222 g/mol. The minimum atomic E-state index is 0.198. The monoisotopic (exact) mass is 239 g/mol. The molecule has 0 radical (unpaired) electrons. The van der Waals surface area contributed by atoms with E-state index in [4.69, 9.17) is 4.52 Å².